The van der Waals surface area contributed by atoms with Crippen LogP contribution >= 0.6 is 0 Å². The van der Waals surface area contributed by atoms with Gasteiger partial charge in [-0.2, -0.15) is 16.8 Å². The van der Waals surface area contributed by atoms with Crippen molar-refractivity contribution in [3.05, 3.63) is 54.6 Å². The highest BCUT2D eigenvalue weighted by Gasteiger charge is 2.21. The number of hydrogen-bond acceptors (Lipinski definition) is 12. The summed E-state index contributed by atoms with van der Waals surface area (Å²) in [5.74, 6) is -1.62. The number of amidine groups is 1. The van der Waals surface area contributed by atoms with Gasteiger partial charge in [0.2, 0.25) is 0 Å². The zero-order valence-electron chi connectivity index (χ0n) is 20.8. The quantitative estimate of drug-likeness (QED) is 0.0550. The summed E-state index contributed by atoms with van der Waals surface area (Å²) in [6.45, 7) is 0. The molecule has 3 rings (SSSR count). The first-order chi connectivity index (χ1) is 18.7. The number of rotatable bonds is 8. The Kier molecular flexibility index (Phi) is 8.89. The van der Waals surface area contributed by atoms with Gasteiger partial charge in [-0.3, -0.25) is 19.3 Å². The van der Waals surface area contributed by atoms with Crippen molar-refractivity contribution >= 4 is 60.4 Å². The number of benzene rings is 3. The molecule has 40 heavy (non-hydrogen) atoms. The molecule has 8 N–H and O–H groups in total. The van der Waals surface area contributed by atoms with Crippen LogP contribution in [0.4, 0.5) is 28.4 Å². The predicted molar refractivity (Wildman–Crippen MR) is 145 cm³/mol. The highest BCUT2D eigenvalue weighted by atomic mass is 32.2. The molecule has 0 bridgehead atoms. The molecule has 212 valence electrons. The van der Waals surface area contributed by atoms with E-state index < -0.39 is 41.8 Å². The van der Waals surface area contributed by atoms with Crippen LogP contribution in [0, 0.1) is 0 Å². The number of hydrazone groups is 1. The second-order valence-corrected chi connectivity index (χ2v) is 10.4. The number of carbonyl (C=O) groups is 1. The normalized spacial score (nSPS) is 12.2. The highest BCUT2D eigenvalue weighted by molar-refractivity contribution is 7.86. The van der Waals surface area contributed by atoms with Crippen molar-refractivity contribution in [2.75, 3.05) is 36.4 Å². The fourth-order valence-corrected chi connectivity index (χ4v) is 4.37. The number of para-hydroxylation sites is 1. The lowest BCUT2D eigenvalue weighted by Crippen LogP contribution is -2.22. The molecule has 0 saturated heterocycles. The van der Waals surface area contributed by atoms with Crippen LogP contribution in [0.3, 0.4) is 0 Å². The number of amides is 1. The van der Waals surface area contributed by atoms with Gasteiger partial charge >= 0.3 is 0 Å². The van der Waals surface area contributed by atoms with Gasteiger partial charge in [0.25, 0.3) is 32.0 Å². The third-order valence-corrected chi connectivity index (χ3v) is 6.79. The molecular weight excluding hydrogens is 570 g/mol. The molecule has 0 saturated carbocycles. The number of nitrogens with one attached hydrogen (secondary N) is 2. The van der Waals surface area contributed by atoms with E-state index in [0.29, 0.717) is 5.69 Å². The number of nitrogens with zero attached hydrogens (tertiary/aromatic N) is 3. The number of methoxy groups -OCH3 is 2. The molecule has 0 radical (unpaired) electrons. The highest BCUT2D eigenvalue weighted by Crippen LogP contribution is 2.35. The Hall–Kier alpha value is -4.78. The number of azo groups is 1. The number of nitrogens with two attached hydrogens (primary N) is 2. The second kappa shape index (κ2) is 11.9. The fraction of sp³-hybridized carbons (Fsp3) is 0.0909. The number of carbonyl (C=O) groups excluding carboxylic acids is 1. The maximum Gasteiger partial charge on any atom is 0.297 e. The van der Waals surface area contributed by atoms with Gasteiger partial charge in [0.05, 0.1) is 31.3 Å². The molecule has 1 amide bonds. The number of nitrogen functional groups attached to an aromatic ring is 2. The Morgan fingerprint density at radius 1 is 0.850 bits per heavy atom. The van der Waals surface area contributed by atoms with E-state index in [4.69, 9.17) is 20.9 Å². The summed E-state index contributed by atoms with van der Waals surface area (Å²) in [6, 6.07) is 12.1. The Bertz CT molecular complexity index is 1710. The molecule has 0 atom stereocenters. The van der Waals surface area contributed by atoms with E-state index in [1.807, 2.05) is 0 Å². The van der Waals surface area contributed by atoms with E-state index in [1.54, 1.807) is 30.3 Å². The van der Waals surface area contributed by atoms with E-state index in [-0.39, 0.29) is 34.2 Å². The van der Waals surface area contributed by atoms with Crippen molar-refractivity contribution in [1.29, 1.82) is 0 Å². The molecule has 3 aromatic carbocycles. The molecular formula is C22H23N7O9S2. The van der Waals surface area contributed by atoms with Gasteiger partial charge in [-0.25, -0.2) is 0 Å². The van der Waals surface area contributed by atoms with Crippen LogP contribution in [0.25, 0.3) is 0 Å². The minimum atomic E-state index is -4.75. The molecule has 0 spiro atoms. The Morgan fingerprint density at radius 3 is 1.95 bits per heavy atom. The molecule has 0 aliphatic rings. The van der Waals surface area contributed by atoms with Gasteiger partial charge in [0.1, 0.15) is 27.0 Å². The van der Waals surface area contributed by atoms with Crippen LogP contribution in [-0.2, 0) is 25.0 Å². The minimum absolute atomic E-state index is 0.00796. The topological polar surface area (TPSA) is 257 Å². The van der Waals surface area contributed by atoms with Crippen LogP contribution < -0.4 is 31.7 Å². The molecule has 0 fully saturated rings. The fourth-order valence-electron chi connectivity index (χ4n) is 3.13. The summed E-state index contributed by atoms with van der Waals surface area (Å²) in [7, 11) is -7.00. The third-order valence-electron chi connectivity index (χ3n) is 4.97. The van der Waals surface area contributed by atoms with E-state index in [2.05, 4.69) is 26.1 Å². The number of hydrogen-bond donors (Lipinski definition) is 6. The average Bonchev–Trinajstić information content (AvgIpc) is 2.88. The maximum absolute atomic E-state index is 13.0. The van der Waals surface area contributed by atoms with Gasteiger partial charge in [-0.1, -0.05) is 18.2 Å². The van der Waals surface area contributed by atoms with Gasteiger partial charge in [0, 0.05) is 17.8 Å². The largest absolute Gasteiger partial charge is 0.494 e. The molecule has 0 aliphatic carbocycles. The molecule has 0 heterocycles. The smallest absolute Gasteiger partial charge is 0.297 e. The first-order valence-corrected chi connectivity index (χ1v) is 13.6. The first kappa shape index (κ1) is 29.8. The van der Waals surface area contributed by atoms with Crippen LogP contribution in [0.2, 0.25) is 0 Å². The average molecular weight is 594 g/mol. The Morgan fingerprint density at radius 2 is 1.40 bits per heavy atom. The van der Waals surface area contributed by atoms with Crippen molar-refractivity contribution in [3.63, 3.8) is 0 Å². The zero-order valence-corrected chi connectivity index (χ0v) is 22.4. The molecule has 0 aliphatic heterocycles. The summed E-state index contributed by atoms with van der Waals surface area (Å²) in [4.78, 5) is 11.7. The van der Waals surface area contributed by atoms with Crippen LogP contribution in [0.1, 0.15) is 0 Å². The predicted octanol–water partition coefficient (Wildman–Crippen LogP) is 2.51. The van der Waals surface area contributed by atoms with Gasteiger partial charge in [-0.05, 0) is 24.3 Å². The number of anilines is 4. The van der Waals surface area contributed by atoms with Crippen molar-refractivity contribution < 1.29 is 40.2 Å². The summed E-state index contributed by atoms with van der Waals surface area (Å²) < 4.78 is 75.9. The van der Waals surface area contributed by atoms with E-state index in [1.165, 1.54) is 14.2 Å². The van der Waals surface area contributed by atoms with Crippen molar-refractivity contribution in [1.82, 2.24) is 0 Å². The second-order valence-electron chi connectivity index (χ2n) is 7.67. The van der Waals surface area contributed by atoms with E-state index in [9.17, 15) is 30.7 Å². The van der Waals surface area contributed by atoms with Crippen LogP contribution in [-0.4, -0.2) is 51.9 Å². The zero-order chi connectivity index (χ0) is 29.7. The molecule has 18 heteroatoms. The van der Waals surface area contributed by atoms with Gasteiger partial charge in [0.15, 0.2) is 0 Å². The van der Waals surface area contributed by atoms with Crippen molar-refractivity contribution in [3.8, 4) is 11.5 Å². The molecule has 3 aromatic rings. The lowest BCUT2D eigenvalue weighted by atomic mass is 10.2. The summed E-state index contributed by atoms with van der Waals surface area (Å²) in [6.07, 6.45) is 0. The Labute approximate surface area is 228 Å². The lowest BCUT2D eigenvalue weighted by molar-refractivity contribution is -0.110. The van der Waals surface area contributed by atoms with Crippen LogP contribution in [0.5, 0.6) is 11.5 Å². The molecule has 0 unspecified atom stereocenters. The molecule has 16 nitrogen and oxygen atoms in total. The van der Waals surface area contributed by atoms with Gasteiger partial charge < -0.3 is 26.3 Å². The monoisotopic (exact) mass is 593 g/mol. The van der Waals surface area contributed by atoms with Crippen LogP contribution in [0.15, 0.2) is 79.7 Å². The van der Waals surface area contributed by atoms with Gasteiger partial charge in [-0.15, -0.1) is 15.3 Å². The van der Waals surface area contributed by atoms with Crippen molar-refractivity contribution in [2.24, 2.45) is 15.3 Å². The standard InChI is InChI=1S/C22H23N7O9S2/c1-37-17-8-13(23)19(39(31,32)33)10-15(17)26-28-21(22(30)25-12-6-4-3-5-7-12)29-27-16-11-20(40(34,35)36)14(24)9-18(16)38-2/h3-11,26H,23-24H2,1-2H3,(H,25,30)(H,31,32,33)(H,34,35,36). The number of ether oxygens (including phenoxy) is 2. The third kappa shape index (κ3) is 7.20. The van der Waals surface area contributed by atoms with Crippen molar-refractivity contribution in [2.45, 2.75) is 9.79 Å². The SMILES string of the molecule is COc1cc(N)c(S(=O)(=O)O)cc1N=NC(=NNc1cc(S(=O)(=O)O)c(N)cc1OC)C(=O)Nc1ccccc1. The minimum Gasteiger partial charge on any atom is -0.494 e. The Balaban J connectivity index is 2.11. The first-order valence-electron chi connectivity index (χ1n) is 10.8. The van der Waals surface area contributed by atoms with E-state index in [0.717, 1.165) is 24.3 Å². The maximum atomic E-state index is 13.0. The summed E-state index contributed by atoms with van der Waals surface area (Å²) in [5, 5.41) is 14.0. The lowest BCUT2D eigenvalue weighted by Gasteiger charge is -2.12. The van der Waals surface area contributed by atoms with E-state index >= 15 is 0 Å². The summed E-state index contributed by atoms with van der Waals surface area (Å²) >= 11 is 0. The molecule has 0 aromatic heterocycles. The summed E-state index contributed by atoms with van der Waals surface area (Å²) in [5.41, 5.74) is 13.1.